The second-order valence-electron chi connectivity index (χ2n) is 3.75. The second-order valence-corrected chi connectivity index (χ2v) is 3.75. The van der Waals surface area contributed by atoms with Crippen LogP contribution in [0.5, 0.6) is 5.75 Å². The number of carbonyl (C=O) groups excluding carboxylic acids is 2. The molecule has 0 atom stereocenters. The summed E-state index contributed by atoms with van der Waals surface area (Å²) in [6, 6.07) is 5.77. The summed E-state index contributed by atoms with van der Waals surface area (Å²) in [5.41, 5.74) is 0.347. The van der Waals surface area contributed by atoms with E-state index >= 15 is 0 Å². The molecule has 6 nitrogen and oxygen atoms in total. The molecule has 0 aliphatic rings. The molecule has 1 N–H and O–H groups in total. The third-order valence-electron chi connectivity index (χ3n) is 2.11. The standard InChI is InChI=1S/C14H14O6/c1-2-9-19-14(18)10-3-5-11(6-4-10)20-13(17)8-7-12(15)16/h3-8H,2,9H2,1H3,(H,15,16)/b8-7+. The van der Waals surface area contributed by atoms with Gasteiger partial charge in [0.25, 0.3) is 0 Å². The molecule has 0 bridgehead atoms. The number of carboxylic acid groups (broad SMARTS) is 1. The number of carbonyl (C=O) groups is 3. The zero-order chi connectivity index (χ0) is 15.0. The molecule has 0 saturated carbocycles. The molecule has 0 aromatic heterocycles. The van der Waals surface area contributed by atoms with Crippen molar-refractivity contribution in [1.82, 2.24) is 0 Å². The summed E-state index contributed by atoms with van der Waals surface area (Å²) < 4.78 is 9.78. The van der Waals surface area contributed by atoms with Crippen molar-refractivity contribution in [2.24, 2.45) is 0 Å². The summed E-state index contributed by atoms with van der Waals surface area (Å²) >= 11 is 0. The van der Waals surface area contributed by atoms with Gasteiger partial charge in [0.2, 0.25) is 0 Å². The van der Waals surface area contributed by atoms with Gasteiger partial charge >= 0.3 is 17.9 Å². The smallest absolute Gasteiger partial charge is 0.338 e. The van der Waals surface area contributed by atoms with Crippen LogP contribution in [0.2, 0.25) is 0 Å². The fraction of sp³-hybridized carbons (Fsp3) is 0.214. The van der Waals surface area contributed by atoms with E-state index in [0.29, 0.717) is 18.2 Å². The molecular weight excluding hydrogens is 264 g/mol. The van der Waals surface area contributed by atoms with E-state index in [9.17, 15) is 14.4 Å². The van der Waals surface area contributed by atoms with Crippen molar-refractivity contribution < 1.29 is 29.0 Å². The van der Waals surface area contributed by atoms with Crippen molar-refractivity contribution in [2.75, 3.05) is 6.61 Å². The SMILES string of the molecule is CCCOC(=O)c1ccc(OC(=O)/C=C/C(=O)O)cc1. The zero-order valence-electron chi connectivity index (χ0n) is 10.9. The molecule has 0 amide bonds. The van der Waals surface area contributed by atoms with Crippen molar-refractivity contribution in [3.05, 3.63) is 42.0 Å². The first-order valence-electron chi connectivity index (χ1n) is 5.93. The van der Waals surface area contributed by atoms with Gasteiger partial charge in [-0.2, -0.15) is 0 Å². The Bertz CT molecular complexity index is 515. The lowest BCUT2D eigenvalue weighted by Gasteiger charge is -2.04. The Morgan fingerprint density at radius 3 is 2.35 bits per heavy atom. The van der Waals surface area contributed by atoms with E-state index in [2.05, 4.69) is 0 Å². The molecule has 0 heterocycles. The van der Waals surface area contributed by atoms with E-state index in [-0.39, 0.29) is 5.75 Å². The van der Waals surface area contributed by atoms with Crippen LogP contribution in [0.3, 0.4) is 0 Å². The molecule has 0 aliphatic carbocycles. The molecule has 0 spiro atoms. The third-order valence-corrected chi connectivity index (χ3v) is 2.11. The Morgan fingerprint density at radius 2 is 1.80 bits per heavy atom. The average Bonchev–Trinajstić information content (AvgIpc) is 2.43. The highest BCUT2D eigenvalue weighted by atomic mass is 16.5. The quantitative estimate of drug-likeness (QED) is 0.485. The Labute approximate surface area is 115 Å². The van der Waals surface area contributed by atoms with Gasteiger partial charge in [-0.25, -0.2) is 14.4 Å². The lowest BCUT2D eigenvalue weighted by molar-refractivity contribution is -0.133. The summed E-state index contributed by atoms with van der Waals surface area (Å²) in [6.45, 7) is 2.23. The first-order valence-corrected chi connectivity index (χ1v) is 5.93. The Hall–Kier alpha value is -2.63. The van der Waals surface area contributed by atoms with Crippen molar-refractivity contribution >= 4 is 17.9 Å². The van der Waals surface area contributed by atoms with Gasteiger partial charge in [0, 0.05) is 12.2 Å². The molecule has 0 aliphatic heterocycles. The van der Waals surface area contributed by atoms with Crippen molar-refractivity contribution in [1.29, 1.82) is 0 Å². The first kappa shape index (κ1) is 15.4. The zero-order valence-corrected chi connectivity index (χ0v) is 10.9. The van der Waals surface area contributed by atoms with E-state index in [4.69, 9.17) is 14.6 Å². The van der Waals surface area contributed by atoms with Gasteiger partial charge < -0.3 is 14.6 Å². The Kier molecular flexibility index (Phi) is 5.96. The van der Waals surface area contributed by atoms with Crippen LogP contribution in [0.4, 0.5) is 0 Å². The maximum Gasteiger partial charge on any atom is 0.338 e. The number of carboxylic acids is 1. The predicted molar refractivity (Wildman–Crippen MR) is 69.4 cm³/mol. The molecular formula is C14H14O6. The minimum absolute atomic E-state index is 0.206. The lowest BCUT2D eigenvalue weighted by atomic mass is 10.2. The number of ether oxygens (including phenoxy) is 2. The summed E-state index contributed by atoms with van der Waals surface area (Å²) in [5, 5.41) is 8.35. The number of rotatable bonds is 6. The van der Waals surface area contributed by atoms with Crippen LogP contribution >= 0.6 is 0 Å². The lowest BCUT2D eigenvalue weighted by Crippen LogP contribution is -2.07. The highest BCUT2D eigenvalue weighted by Crippen LogP contribution is 2.13. The van der Waals surface area contributed by atoms with Crippen LogP contribution in [0.15, 0.2) is 36.4 Å². The summed E-state index contributed by atoms with van der Waals surface area (Å²) in [6.07, 6.45) is 2.21. The average molecular weight is 278 g/mol. The first-order chi connectivity index (χ1) is 9.52. The maximum atomic E-state index is 11.5. The molecule has 0 radical (unpaired) electrons. The fourth-order valence-electron chi connectivity index (χ4n) is 1.23. The van der Waals surface area contributed by atoms with E-state index in [1.54, 1.807) is 0 Å². The van der Waals surface area contributed by atoms with Gasteiger partial charge in [-0.15, -0.1) is 0 Å². The predicted octanol–water partition coefficient (Wildman–Crippen LogP) is 1.80. The van der Waals surface area contributed by atoms with Gasteiger partial charge in [0.15, 0.2) is 0 Å². The largest absolute Gasteiger partial charge is 0.478 e. The van der Waals surface area contributed by atoms with Crippen molar-refractivity contribution in [2.45, 2.75) is 13.3 Å². The third kappa shape index (κ3) is 5.34. The highest BCUT2D eigenvalue weighted by molar-refractivity contribution is 5.92. The Balaban J connectivity index is 2.60. The molecule has 0 fully saturated rings. The summed E-state index contributed by atoms with van der Waals surface area (Å²) in [5.74, 6) is -2.29. The molecule has 20 heavy (non-hydrogen) atoms. The van der Waals surface area contributed by atoms with E-state index in [1.165, 1.54) is 24.3 Å². The van der Waals surface area contributed by atoms with E-state index in [0.717, 1.165) is 12.5 Å². The fourth-order valence-corrected chi connectivity index (χ4v) is 1.23. The Morgan fingerprint density at radius 1 is 1.15 bits per heavy atom. The van der Waals surface area contributed by atoms with Crippen LogP contribution in [0.1, 0.15) is 23.7 Å². The minimum atomic E-state index is -1.24. The van der Waals surface area contributed by atoms with Crippen LogP contribution in [-0.4, -0.2) is 29.6 Å². The van der Waals surface area contributed by atoms with E-state index < -0.39 is 17.9 Å². The van der Waals surface area contributed by atoms with Gasteiger partial charge in [0.05, 0.1) is 12.2 Å². The molecule has 1 aromatic rings. The van der Waals surface area contributed by atoms with Gasteiger partial charge in [-0.3, -0.25) is 0 Å². The van der Waals surface area contributed by atoms with Crippen LogP contribution < -0.4 is 4.74 Å². The van der Waals surface area contributed by atoms with E-state index in [1.807, 2.05) is 6.92 Å². The maximum absolute atomic E-state index is 11.5. The number of aliphatic carboxylic acids is 1. The van der Waals surface area contributed by atoms with Crippen LogP contribution in [-0.2, 0) is 14.3 Å². The molecule has 0 saturated heterocycles. The topological polar surface area (TPSA) is 89.9 Å². The highest BCUT2D eigenvalue weighted by Gasteiger charge is 2.07. The molecule has 1 aromatic carbocycles. The minimum Gasteiger partial charge on any atom is -0.478 e. The number of benzene rings is 1. The number of esters is 2. The molecule has 106 valence electrons. The summed E-state index contributed by atoms with van der Waals surface area (Å²) in [7, 11) is 0. The van der Waals surface area contributed by atoms with Crippen molar-refractivity contribution in [3.8, 4) is 5.75 Å². The number of hydrogen-bond acceptors (Lipinski definition) is 5. The van der Waals surface area contributed by atoms with Crippen molar-refractivity contribution in [3.63, 3.8) is 0 Å². The van der Waals surface area contributed by atoms with Gasteiger partial charge in [-0.05, 0) is 30.7 Å². The van der Waals surface area contributed by atoms with Gasteiger partial charge in [-0.1, -0.05) is 6.92 Å². The number of hydrogen-bond donors (Lipinski definition) is 1. The monoisotopic (exact) mass is 278 g/mol. The molecule has 6 heteroatoms. The van der Waals surface area contributed by atoms with Crippen LogP contribution in [0, 0.1) is 0 Å². The second kappa shape index (κ2) is 7.73. The normalized spacial score (nSPS) is 10.2. The van der Waals surface area contributed by atoms with Gasteiger partial charge in [0.1, 0.15) is 5.75 Å². The molecule has 1 rings (SSSR count). The summed E-state index contributed by atoms with van der Waals surface area (Å²) in [4.78, 5) is 32.9. The molecule has 0 unspecified atom stereocenters. The van der Waals surface area contributed by atoms with Crippen LogP contribution in [0.25, 0.3) is 0 Å².